The van der Waals surface area contributed by atoms with Gasteiger partial charge in [-0.25, -0.2) is 8.42 Å². The van der Waals surface area contributed by atoms with E-state index in [4.69, 9.17) is 0 Å². The van der Waals surface area contributed by atoms with Crippen LogP contribution in [-0.4, -0.2) is 62.8 Å². The second-order valence-corrected chi connectivity index (χ2v) is 7.12. The van der Waals surface area contributed by atoms with Gasteiger partial charge < -0.3 is 14.4 Å². The van der Waals surface area contributed by atoms with Crippen LogP contribution in [0, 0.1) is 5.92 Å². The number of nitrogens with zero attached hydrogens (tertiary/aromatic N) is 1. The number of amides is 1. The average molecular weight is 294 g/mol. The van der Waals surface area contributed by atoms with Crippen molar-refractivity contribution < 1.29 is 22.2 Å². The van der Waals surface area contributed by atoms with Crippen LogP contribution in [0.4, 0.5) is 0 Å². The molecule has 1 N–H and O–H groups in total. The first-order valence-electron chi connectivity index (χ1n) is 6.60. The Morgan fingerprint density at radius 2 is 1.89 bits per heavy atom. The first kappa shape index (κ1) is 18.3. The van der Waals surface area contributed by atoms with Crippen molar-refractivity contribution in [1.29, 1.82) is 0 Å². The van der Waals surface area contributed by atoms with Gasteiger partial charge in [0.05, 0.1) is 43.8 Å². The van der Waals surface area contributed by atoms with Crippen molar-refractivity contribution in [3.05, 3.63) is 0 Å². The summed E-state index contributed by atoms with van der Waals surface area (Å²) in [5, 5.41) is 2.86. The third-order valence-electron chi connectivity index (χ3n) is 3.23. The van der Waals surface area contributed by atoms with Gasteiger partial charge in [-0.3, -0.25) is 4.79 Å². The topological polar surface area (TPSA) is 86.3 Å². The lowest BCUT2D eigenvalue weighted by molar-refractivity contribution is -0.889. The molecule has 0 aromatic rings. The zero-order chi connectivity index (χ0) is 15.1. The molecule has 0 rings (SSSR count). The van der Waals surface area contributed by atoms with Crippen molar-refractivity contribution in [3.8, 4) is 0 Å². The predicted octanol–water partition coefficient (Wildman–Crippen LogP) is 0.160. The fourth-order valence-electron chi connectivity index (χ4n) is 1.62. The Kier molecular flexibility index (Phi) is 7.54. The summed E-state index contributed by atoms with van der Waals surface area (Å²) in [6, 6.07) is 0. The molecule has 0 aliphatic rings. The van der Waals surface area contributed by atoms with Crippen molar-refractivity contribution in [2.45, 2.75) is 26.7 Å². The third kappa shape index (κ3) is 9.86. The molecule has 1 unspecified atom stereocenters. The number of hydrogen-bond acceptors (Lipinski definition) is 4. The van der Waals surface area contributed by atoms with Gasteiger partial charge in [-0.2, -0.15) is 0 Å². The van der Waals surface area contributed by atoms with Crippen LogP contribution in [-0.2, 0) is 14.9 Å². The Balaban J connectivity index is 3.94. The van der Waals surface area contributed by atoms with E-state index in [0.717, 1.165) is 6.42 Å². The van der Waals surface area contributed by atoms with E-state index >= 15 is 0 Å². The van der Waals surface area contributed by atoms with E-state index < -0.39 is 10.1 Å². The van der Waals surface area contributed by atoms with E-state index in [-0.39, 0.29) is 17.6 Å². The van der Waals surface area contributed by atoms with Gasteiger partial charge in [-0.15, -0.1) is 0 Å². The van der Waals surface area contributed by atoms with Gasteiger partial charge in [0.2, 0.25) is 5.91 Å². The van der Waals surface area contributed by atoms with E-state index in [0.29, 0.717) is 30.5 Å². The summed E-state index contributed by atoms with van der Waals surface area (Å²) in [6.45, 7) is 5.71. The maximum atomic E-state index is 11.6. The SMILES string of the molecule is CCC(C)C(=O)NCC[N+](C)(C)CCCS(=O)(=O)[O-]. The standard InChI is InChI=1S/C12H26N2O4S/c1-5-11(2)12(15)13-7-9-14(3,4)8-6-10-19(16,17)18/h11H,5-10H2,1-4H3,(H-,13,15,16,17,18). The molecular formula is C12H26N2O4S. The van der Waals surface area contributed by atoms with Crippen LogP contribution in [0.1, 0.15) is 26.7 Å². The summed E-state index contributed by atoms with van der Waals surface area (Å²) < 4.78 is 32.1. The Morgan fingerprint density at radius 1 is 1.32 bits per heavy atom. The summed E-state index contributed by atoms with van der Waals surface area (Å²) in [5.74, 6) is -0.265. The molecule has 6 nitrogen and oxygen atoms in total. The molecule has 0 saturated carbocycles. The molecule has 114 valence electrons. The van der Waals surface area contributed by atoms with E-state index in [9.17, 15) is 17.8 Å². The number of rotatable bonds is 9. The summed E-state index contributed by atoms with van der Waals surface area (Å²) >= 11 is 0. The predicted molar refractivity (Wildman–Crippen MR) is 73.5 cm³/mol. The molecule has 0 spiro atoms. The van der Waals surface area contributed by atoms with Crippen LogP contribution in [0.3, 0.4) is 0 Å². The first-order chi connectivity index (χ1) is 8.57. The van der Waals surface area contributed by atoms with Crippen LogP contribution >= 0.6 is 0 Å². The molecule has 0 aliphatic heterocycles. The highest BCUT2D eigenvalue weighted by molar-refractivity contribution is 7.85. The molecule has 0 aromatic carbocycles. The minimum absolute atomic E-state index is 0.0150. The van der Waals surface area contributed by atoms with E-state index in [2.05, 4.69) is 5.32 Å². The molecule has 1 atom stereocenters. The molecule has 0 saturated heterocycles. The lowest BCUT2D eigenvalue weighted by atomic mass is 10.1. The zero-order valence-corrected chi connectivity index (χ0v) is 13.1. The number of nitrogens with one attached hydrogen (secondary N) is 1. The largest absolute Gasteiger partial charge is 0.748 e. The van der Waals surface area contributed by atoms with Crippen molar-refractivity contribution in [2.75, 3.05) is 39.5 Å². The van der Waals surface area contributed by atoms with Gasteiger partial charge >= 0.3 is 0 Å². The van der Waals surface area contributed by atoms with Crippen molar-refractivity contribution in [1.82, 2.24) is 5.32 Å². The van der Waals surface area contributed by atoms with Crippen LogP contribution < -0.4 is 5.32 Å². The maximum Gasteiger partial charge on any atom is 0.223 e. The van der Waals surface area contributed by atoms with E-state index in [1.165, 1.54) is 0 Å². The lowest BCUT2D eigenvalue weighted by Crippen LogP contribution is -2.46. The van der Waals surface area contributed by atoms with Gasteiger partial charge in [-0.05, 0) is 6.42 Å². The third-order valence-corrected chi connectivity index (χ3v) is 4.02. The van der Waals surface area contributed by atoms with Crippen LogP contribution in [0.5, 0.6) is 0 Å². The monoisotopic (exact) mass is 294 g/mol. The van der Waals surface area contributed by atoms with Gasteiger partial charge in [0.25, 0.3) is 0 Å². The highest BCUT2D eigenvalue weighted by atomic mass is 32.2. The smallest absolute Gasteiger partial charge is 0.223 e. The Morgan fingerprint density at radius 3 is 2.37 bits per heavy atom. The summed E-state index contributed by atoms with van der Waals surface area (Å²) in [7, 11) is -0.222. The molecule has 7 heteroatoms. The van der Waals surface area contributed by atoms with Gasteiger partial charge in [0, 0.05) is 18.1 Å². The van der Waals surface area contributed by atoms with E-state index in [1.807, 2.05) is 27.9 Å². The van der Waals surface area contributed by atoms with Gasteiger partial charge in [-0.1, -0.05) is 13.8 Å². The minimum atomic E-state index is -4.12. The molecule has 1 amide bonds. The van der Waals surface area contributed by atoms with Gasteiger partial charge in [0.15, 0.2) is 0 Å². The van der Waals surface area contributed by atoms with Gasteiger partial charge in [0.1, 0.15) is 0 Å². The van der Waals surface area contributed by atoms with Crippen LogP contribution in [0.25, 0.3) is 0 Å². The zero-order valence-electron chi connectivity index (χ0n) is 12.3. The number of carbonyl (C=O) groups excluding carboxylic acids is 1. The number of quaternary nitrogens is 1. The van der Waals surface area contributed by atoms with Crippen molar-refractivity contribution in [3.63, 3.8) is 0 Å². The Hall–Kier alpha value is -0.660. The fourth-order valence-corrected chi connectivity index (χ4v) is 2.11. The summed E-state index contributed by atoms with van der Waals surface area (Å²) in [4.78, 5) is 11.6. The van der Waals surface area contributed by atoms with Crippen molar-refractivity contribution in [2.24, 2.45) is 5.92 Å². The molecule has 19 heavy (non-hydrogen) atoms. The summed E-state index contributed by atoms with van der Waals surface area (Å²) in [5.41, 5.74) is 0. The van der Waals surface area contributed by atoms with Crippen LogP contribution in [0.2, 0.25) is 0 Å². The molecule has 0 fully saturated rings. The Bertz CT molecular complexity index is 379. The second-order valence-electron chi connectivity index (χ2n) is 5.60. The Labute approximate surface area is 116 Å². The first-order valence-corrected chi connectivity index (χ1v) is 8.18. The number of carbonyl (C=O) groups is 1. The average Bonchev–Trinajstić information content (AvgIpc) is 2.25. The summed E-state index contributed by atoms with van der Waals surface area (Å²) in [6.07, 6.45) is 1.16. The number of likely N-dealkylation sites (N-methyl/N-ethyl adjacent to an activating group) is 1. The minimum Gasteiger partial charge on any atom is -0.748 e. The number of hydrogen-bond donors (Lipinski definition) is 1. The quantitative estimate of drug-likeness (QED) is 0.485. The van der Waals surface area contributed by atoms with Crippen molar-refractivity contribution >= 4 is 16.0 Å². The van der Waals surface area contributed by atoms with Crippen LogP contribution in [0.15, 0.2) is 0 Å². The normalized spacial score (nSPS) is 14.2. The lowest BCUT2D eigenvalue weighted by Gasteiger charge is -2.30. The highest BCUT2D eigenvalue weighted by Crippen LogP contribution is 2.02. The molecule has 0 heterocycles. The van der Waals surface area contributed by atoms with E-state index in [1.54, 1.807) is 0 Å². The molecule has 0 aromatic heterocycles. The molecule has 0 bridgehead atoms. The molecular weight excluding hydrogens is 268 g/mol. The molecule has 0 radical (unpaired) electrons. The maximum absolute atomic E-state index is 11.6. The molecule has 0 aliphatic carbocycles. The fraction of sp³-hybridized carbons (Fsp3) is 0.917. The second kappa shape index (κ2) is 7.81. The highest BCUT2D eigenvalue weighted by Gasteiger charge is 2.16.